The second kappa shape index (κ2) is 4.87. The Morgan fingerprint density at radius 3 is 2.18 bits per heavy atom. The molecule has 5 heteroatoms. The minimum atomic E-state index is -3.61. The van der Waals surface area contributed by atoms with Crippen molar-refractivity contribution in [3.8, 4) is 11.1 Å². The van der Waals surface area contributed by atoms with Crippen LogP contribution in [0.4, 0.5) is 0 Å². The SMILES string of the molecule is O=S(=O)(NCl)c1cccc(-c2ccccc2)c1. The Morgan fingerprint density at radius 2 is 1.53 bits per heavy atom. The molecule has 0 heterocycles. The molecule has 0 atom stereocenters. The molecular formula is C12H10ClNO2S. The highest BCUT2D eigenvalue weighted by molar-refractivity contribution is 7.90. The summed E-state index contributed by atoms with van der Waals surface area (Å²) in [5.41, 5.74) is 1.79. The van der Waals surface area contributed by atoms with Crippen molar-refractivity contribution in [3.05, 3.63) is 54.6 Å². The lowest BCUT2D eigenvalue weighted by molar-refractivity contribution is 0.594. The first-order valence-corrected chi connectivity index (χ1v) is 6.77. The molecule has 2 aromatic carbocycles. The fourth-order valence-electron chi connectivity index (χ4n) is 1.52. The Balaban J connectivity index is 2.50. The molecule has 0 saturated heterocycles. The minimum absolute atomic E-state index is 0.147. The molecule has 0 spiro atoms. The second-order valence-corrected chi connectivity index (χ2v) is 5.57. The molecule has 0 aliphatic carbocycles. The van der Waals surface area contributed by atoms with E-state index in [0.29, 0.717) is 0 Å². The summed E-state index contributed by atoms with van der Waals surface area (Å²) in [5, 5.41) is 0. The Bertz CT molecular complexity index is 611. The van der Waals surface area contributed by atoms with Crippen LogP contribution in [0.5, 0.6) is 0 Å². The van der Waals surface area contributed by atoms with Crippen molar-refractivity contribution in [1.82, 2.24) is 4.24 Å². The molecule has 0 aromatic heterocycles. The number of sulfonamides is 1. The van der Waals surface area contributed by atoms with Gasteiger partial charge in [-0.05, 0) is 35.0 Å². The van der Waals surface area contributed by atoms with Gasteiger partial charge in [0.2, 0.25) is 0 Å². The smallest absolute Gasteiger partial charge is 0.206 e. The number of nitrogens with one attached hydrogen (secondary N) is 1. The average molecular weight is 268 g/mol. The van der Waals surface area contributed by atoms with E-state index in [-0.39, 0.29) is 4.90 Å². The summed E-state index contributed by atoms with van der Waals surface area (Å²) in [6.45, 7) is 0. The van der Waals surface area contributed by atoms with E-state index in [2.05, 4.69) is 0 Å². The van der Waals surface area contributed by atoms with E-state index < -0.39 is 10.0 Å². The van der Waals surface area contributed by atoms with Gasteiger partial charge in [-0.25, -0.2) is 8.42 Å². The van der Waals surface area contributed by atoms with Crippen LogP contribution in [-0.2, 0) is 10.0 Å². The van der Waals surface area contributed by atoms with Gasteiger partial charge >= 0.3 is 0 Å². The van der Waals surface area contributed by atoms with Gasteiger partial charge in [0.1, 0.15) is 0 Å². The summed E-state index contributed by atoms with van der Waals surface area (Å²) in [7, 11) is -3.61. The van der Waals surface area contributed by atoms with Crippen LogP contribution in [0.3, 0.4) is 0 Å². The zero-order chi connectivity index (χ0) is 12.3. The summed E-state index contributed by atoms with van der Waals surface area (Å²) in [4.78, 5) is 0.147. The van der Waals surface area contributed by atoms with Crippen molar-refractivity contribution in [2.75, 3.05) is 0 Å². The summed E-state index contributed by atoms with van der Waals surface area (Å²) < 4.78 is 24.9. The van der Waals surface area contributed by atoms with Crippen molar-refractivity contribution in [2.45, 2.75) is 4.90 Å². The number of hydrogen-bond acceptors (Lipinski definition) is 2. The van der Waals surface area contributed by atoms with Gasteiger partial charge in [0.15, 0.2) is 0 Å². The molecule has 0 fully saturated rings. The van der Waals surface area contributed by atoms with E-state index >= 15 is 0 Å². The third kappa shape index (κ3) is 2.66. The van der Waals surface area contributed by atoms with E-state index in [4.69, 9.17) is 11.8 Å². The van der Waals surface area contributed by atoms with Crippen LogP contribution in [-0.4, -0.2) is 8.42 Å². The van der Waals surface area contributed by atoms with Crippen molar-refractivity contribution >= 4 is 21.8 Å². The van der Waals surface area contributed by atoms with Crippen LogP contribution in [0.1, 0.15) is 0 Å². The predicted octanol–water partition coefficient (Wildman–Crippen LogP) is 2.79. The van der Waals surface area contributed by atoms with E-state index in [1.165, 1.54) is 6.07 Å². The van der Waals surface area contributed by atoms with E-state index in [0.717, 1.165) is 11.1 Å². The van der Waals surface area contributed by atoms with E-state index in [1.54, 1.807) is 16.4 Å². The molecule has 0 aliphatic rings. The van der Waals surface area contributed by atoms with Gasteiger partial charge in [-0.15, -0.1) is 4.24 Å². The average Bonchev–Trinajstić information content (AvgIpc) is 2.40. The molecule has 0 bridgehead atoms. The molecule has 1 N–H and O–H groups in total. The van der Waals surface area contributed by atoms with Crippen LogP contribution >= 0.6 is 11.8 Å². The van der Waals surface area contributed by atoms with E-state index in [1.807, 2.05) is 36.4 Å². The maximum absolute atomic E-state index is 11.5. The Morgan fingerprint density at radius 1 is 0.882 bits per heavy atom. The highest BCUT2D eigenvalue weighted by atomic mass is 35.5. The second-order valence-electron chi connectivity index (χ2n) is 3.47. The fourth-order valence-corrected chi connectivity index (χ4v) is 2.41. The molecule has 2 aromatic rings. The Hall–Kier alpha value is -1.36. The molecule has 0 unspecified atom stereocenters. The van der Waals surface area contributed by atoms with Crippen LogP contribution < -0.4 is 4.24 Å². The standard InChI is InChI=1S/C12H10ClNO2S/c13-14-17(15,16)12-8-4-7-11(9-12)10-5-2-1-3-6-10/h1-9,14H. The van der Waals surface area contributed by atoms with Crippen molar-refractivity contribution in [2.24, 2.45) is 0 Å². The number of benzene rings is 2. The maximum Gasteiger partial charge on any atom is 0.253 e. The van der Waals surface area contributed by atoms with Gasteiger partial charge in [0, 0.05) is 0 Å². The molecule has 2 rings (SSSR count). The van der Waals surface area contributed by atoms with E-state index in [9.17, 15) is 8.42 Å². The largest absolute Gasteiger partial charge is 0.253 e. The molecule has 17 heavy (non-hydrogen) atoms. The number of rotatable bonds is 3. The summed E-state index contributed by atoms with van der Waals surface area (Å²) in [6, 6.07) is 16.2. The molecule has 0 radical (unpaired) electrons. The van der Waals surface area contributed by atoms with Gasteiger partial charge < -0.3 is 0 Å². The highest BCUT2D eigenvalue weighted by Gasteiger charge is 2.12. The van der Waals surface area contributed by atoms with Crippen LogP contribution in [0.2, 0.25) is 0 Å². The van der Waals surface area contributed by atoms with Gasteiger partial charge in [-0.3, -0.25) is 0 Å². The highest BCUT2D eigenvalue weighted by Crippen LogP contribution is 2.22. The monoisotopic (exact) mass is 267 g/mol. The maximum atomic E-state index is 11.5. The summed E-state index contributed by atoms with van der Waals surface area (Å²) in [5.74, 6) is 0. The lowest BCUT2D eigenvalue weighted by Gasteiger charge is -2.05. The molecule has 0 saturated carbocycles. The van der Waals surface area contributed by atoms with Crippen LogP contribution in [0.15, 0.2) is 59.5 Å². The Labute approximate surface area is 105 Å². The fraction of sp³-hybridized carbons (Fsp3) is 0. The van der Waals surface area contributed by atoms with Crippen molar-refractivity contribution in [3.63, 3.8) is 0 Å². The lowest BCUT2D eigenvalue weighted by Crippen LogP contribution is -2.13. The molecule has 0 amide bonds. The van der Waals surface area contributed by atoms with Gasteiger partial charge in [0.05, 0.1) is 4.90 Å². The quantitative estimate of drug-likeness (QED) is 0.870. The third-order valence-electron chi connectivity index (χ3n) is 2.35. The lowest BCUT2D eigenvalue weighted by atomic mass is 10.1. The number of hydrogen-bond donors (Lipinski definition) is 1. The molecule has 3 nitrogen and oxygen atoms in total. The van der Waals surface area contributed by atoms with Crippen LogP contribution in [0.25, 0.3) is 11.1 Å². The number of halogens is 1. The topological polar surface area (TPSA) is 46.2 Å². The first-order chi connectivity index (χ1) is 8.13. The van der Waals surface area contributed by atoms with Crippen molar-refractivity contribution < 1.29 is 8.42 Å². The summed E-state index contributed by atoms with van der Waals surface area (Å²) >= 11 is 5.19. The minimum Gasteiger partial charge on any atom is -0.206 e. The normalized spacial score (nSPS) is 11.4. The first kappa shape index (κ1) is 12.1. The first-order valence-electron chi connectivity index (χ1n) is 4.91. The molecule has 0 aliphatic heterocycles. The predicted molar refractivity (Wildman–Crippen MR) is 68.1 cm³/mol. The Kier molecular flexibility index (Phi) is 3.47. The third-order valence-corrected chi connectivity index (χ3v) is 4.04. The molecule has 88 valence electrons. The van der Waals surface area contributed by atoms with Gasteiger partial charge in [0.25, 0.3) is 10.0 Å². The van der Waals surface area contributed by atoms with Gasteiger partial charge in [-0.1, -0.05) is 42.5 Å². The molecular weight excluding hydrogens is 258 g/mol. The zero-order valence-corrected chi connectivity index (χ0v) is 10.4. The van der Waals surface area contributed by atoms with Crippen LogP contribution in [0, 0.1) is 0 Å². The summed E-state index contributed by atoms with van der Waals surface area (Å²) in [6.07, 6.45) is 0. The van der Waals surface area contributed by atoms with Crippen molar-refractivity contribution in [1.29, 1.82) is 0 Å². The zero-order valence-electron chi connectivity index (χ0n) is 8.80. The van der Waals surface area contributed by atoms with Gasteiger partial charge in [-0.2, -0.15) is 0 Å².